The largest absolute Gasteiger partial charge is 0.396 e. The molecule has 0 saturated heterocycles. The van der Waals surface area contributed by atoms with Gasteiger partial charge in [-0.15, -0.1) is 0 Å². The van der Waals surface area contributed by atoms with Gasteiger partial charge in [0.05, 0.1) is 5.52 Å². The quantitative estimate of drug-likeness (QED) is 0.338. The summed E-state index contributed by atoms with van der Waals surface area (Å²) < 4.78 is 15.9. The van der Waals surface area contributed by atoms with Gasteiger partial charge in [0.25, 0.3) is 11.5 Å². The SMILES string of the molecule is O=C(NCc1ccc2nc(F)c(CNCC3(CO)CCC3)cc2c1)c1cc(=O)n2ccccc2n1. The second-order valence-corrected chi connectivity index (χ2v) is 9.17. The Labute approximate surface area is 200 Å². The minimum Gasteiger partial charge on any atom is -0.396 e. The Bertz CT molecular complexity index is 1460. The Morgan fingerprint density at radius 1 is 1.11 bits per heavy atom. The predicted octanol–water partition coefficient (Wildman–Crippen LogP) is 2.56. The number of fused-ring (bicyclic) bond motifs is 2. The van der Waals surface area contributed by atoms with Crippen molar-refractivity contribution in [3.8, 4) is 0 Å². The van der Waals surface area contributed by atoms with Gasteiger partial charge < -0.3 is 15.7 Å². The van der Waals surface area contributed by atoms with E-state index < -0.39 is 11.9 Å². The highest BCUT2D eigenvalue weighted by Gasteiger charge is 2.35. The van der Waals surface area contributed by atoms with Crippen molar-refractivity contribution in [2.75, 3.05) is 13.2 Å². The lowest BCUT2D eigenvalue weighted by molar-refractivity contribution is 0.0444. The van der Waals surface area contributed by atoms with E-state index in [0.29, 0.717) is 29.8 Å². The Morgan fingerprint density at radius 2 is 1.97 bits per heavy atom. The van der Waals surface area contributed by atoms with E-state index in [1.807, 2.05) is 6.07 Å². The van der Waals surface area contributed by atoms with E-state index in [1.165, 1.54) is 10.5 Å². The Kier molecular flexibility index (Phi) is 6.27. The lowest BCUT2D eigenvalue weighted by Gasteiger charge is -2.40. The van der Waals surface area contributed by atoms with Crippen LogP contribution in [0.2, 0.25) is 0 Å². The van der Waals surface area contributed by atoms with Gasteiger partial charge in [-0.1, -0.05) is 18.6 Å². The van der Waals surface area contributed by atoms with Gasteiger partial charge in [0.15, 0.2) is 0 Å². The third kappa shape index (κ3) is 4.78. The number of benzene rings is 1. The summed E-state index contributed by atoms with van der Waals surface area (Å²) in [5, 5.41) is 16.4. The van der Waals surface area contributed by atoms with E-state index in [2.05, 4.69) is 20.6 Å². The summed E-state index contributed by atoms with van der Waals surface area (Å²) >= 11 is 0. The number of carbonyl (C=O) groups is 1. The first-order valence-electron chi connectivity index (χ1n) is 11.6. The highest BCUT2D eigenvalue weighted by molar-refractivity contribution is 5.92. The van der Waals surface area contributed by atoms with Gasteiger partial charge in [-0.3, -0.25) is 14.0 Å². The number of rotatable bonds is 8. The van der Waals surface area contributed by atoms with Crippen LogP contribution in [0.1, 0.15) is 40.9 Å². The van der Waals surface area contributed by atoms with E-state index in [9.17, 15) is 19.1 Å². The van der Waals surface area contributed by atoms with Gasteiger partial charge in [-0.2, -0.15) is 4.39 Å². The standard InChI is InChI=1S/C26H26FN5O3/c27-24-19(14-28-15-26(16-33)7-3-8-26)11-18-10-17(5-6-20(18)31-24)13-29-25(35)21-12-23(34)32-9-2-1-4-22(32)30-21/h1-2,4-6,9-12,28,33H,3,7-8,13-16H2,(H,29,35). The fraction of sp³-hybridized carbons (Fsp3) is 0.308. The summed E-state index contributed by atoms with van der Waals surface area (Å²) in [6.07, 6.45) is 4.67. The number of aromatic nitrogens is 3. The zero-order valence-corrected chi connectivity index (χ0v) is 19.1. The maximum Gasteiger partial charge on any atom is 0.270 e. The van der Waals surface area contributed by atoms with Crippen LogP contribution in [0.5, 0.6) is 0 Å². The van der Waals surface area contributed by atoms with E-state index >= 15 is 0 Å². The number of carbonyl (C=O) groups excluding carboxylic acids is 1. The molecule has 1 amide bonds. The molecule has 1 aliphatic rings. The summed E-state index contributed by atoms with van der Waals surface area (Å²) in [6.45, 7) is 1.31. The van der Waals surface area contributed by atoms with E-state index in [0.717, 1.165) is 30.2 Å². The minimum atomic E-state index is -0.522. The van der Waals surface area contributed by atoms with Crippen molar-refractivity contribution in [3.05, 3.63) is 87.9 Å². The number of aliphatic hydroxyl groups excluding tert-OH is 1. The van der Waals surface area contributed by atoms with Crippen LogP contribution in [0.4, 0.5) is 4.39 Å². The number of amides is 1. The summed E-state index contributed by atoms with van der Waals surface area (Å²) in [5.74, 6) is -0.976. The fourth-order valence-corrected chi connectivity index (χ4v) is 4.45. The maximum absolute atomic E-state index is 14.5. The monoisotopic (exact) mass is 475 g/mol. The van der Waals surface area contributed by atoms with Crippen LogP contribution in [-0.4, -0.2) is 38.5 Å². The number of halogens is 1. The first kappa shape index (κ1) is 23.1. The molecule has 5 rings (SSSR count). The molecule has 0 unspecified atom stereocenters. The second-order valence-electron chi connectivity index (χ2n) is 9.17. The number of hydrogen-bond acceptors (Lipinski definition) is 6. The lowest BCUT2D eigenvalue weighted by atomic mass is 9.69. The Balaban J connectivity index is 1.27. The molecule has 3 heterocycles. The molecule has 1 fully saturated rings. The Morgan fingerprint density at radius 3 is 2.74 bits per heavy atom. The normalized spacial score (nSPS) is 14.7. The molecule has 0 radical (unpaired) electrons. The molecule has 0 spiro atoms. The van der Waals surface area contributed by atoms with Crippen molar-refractivity contribution in [3.63, 3.8) is 0 Å². The summed E-state index contributed by atoms with van der Waals surface area (Å²) in [4.78, 5) is 33.2. The van der Waals surface area contributed by atoms with E-state index in [4.69, 9.17) is 0 Å². The van der Waals surface area contributed by atoms with Gasteiger partial charge in [0.2, 0.25) is 5.95 Å². The molecule has 4 aromatic rings. The molecular formula is C26H26FN5O3. The zero-order valence-electron chi connectivity index (χ0n) is 19.1. The highest BCUT2D eigenvalue weighted by Crippen LogP contribution is 2.39. The highest BCUT2D eigenvalue weighted by atomic mass is 19.1. The number of nitrogens with one attached hydrogen (secondary N) is 2. The number of pyridine rings is 2. The van der Waals surface area contributed by atoms with Gasteiger partial charge in [-0.25, -0.2) is 9.97 Å². The smallest absolute Gasteiger partial charge is 0.270 e. The molecule has 3 N–H and O–H groups in total. The molecular weight excluding hydrogens is 449 g/mol. The topological polar surface area (TPSA) is 109 Å². The van der Waals surface area contributed by atoms with Crippen LogP contribution in [0.15, 0.2) is 59.5 Å². The number of aliphatic hydroxyl groups is 1. The van der Waals surface area contributed by atoms with Crippen molar-refractivity contribution in [1.29, 1.82) is 0 Å². The van der Waals surface area contributed by atoms with Gasteiger partial charge in [0.1, 0.15) is 11.3 Å². The molecule has 180 valence electrons. The van der Waals surface area contributed by atoms with Gasteiger partial charge >= 0.3 is 0 Å². The molecule has 1 saturated carbocycles. The molecule has 0 aliphatic heterocycles. The Hall–Kier alpha value is -3.69. The zero-order chi connectivity index (χ0) is 24.4. The summed E-state index contributed by atoms with van der Waals surface area (Å²) in [5.41, 5.74) is 1.81. The van der Waals surface area contributed by atoms with E-state index in [-0.39, 0.29) is 29.8 Å². The van der Waals surface area contributed by atoms with Gasteiger partial charge in [-0.05, 0) is 48.7 Å². The van der Waals surface area contributed by atoms with Crippen LogP contribution in [-0.2, 0) is 13.1 Å². The molecule has 0 bridgehead atoms. The maximum atomic E-state index is 14.5. The average molecular weight is 476 g/mol. The molecule has 35 heavy (non-hydrogen) atoms. The van der Waals surface area contributed by atoms with Crippen molar-refractivity contribution in [2.24, 2.45) is 5.41 Å². The van der Waals surface area contributed by atoms with E-state index in [1.54, 1.807) is 42.6 Å². The van der Waals surface area contributed by atoms with Crippen LogP contribution >= 0.6 is 0 Å². The lowest BCUT2D eigenvalue weighted by Crippen LogP contribution is -2.42. The average Bonchev–Trinajstić information content (AvgIpc) is 2.84. The first-order valence-corrected chi connectivity index (χ1v) is 11.6. The van der Waals surface area contributed by atoms with Crippen LogP contribution in [0.25, 0.3) is 16.6 Å². The van der Waals surface area contributed by atoms with Gasteiger partial charge in [0, 0.05) is 54.9 Å². The second kappa shape index (κ2) is 9.52. The molecule has 1 aromatic carbocycles. The number of nitrogens with zero attached hydrogens (tertiary/aromatic N) is 3. The molecule has 0 atom stereocenters. The predicted molar refractivity (Wildman–Crippen MR) is 129 cm³/mol. The molecule has 8 nitrogen and oxygen atoms in total. The third-order valence-electron chi connectivity index (χ3n) is 6.73. The summed E-state index contributed by atoms with van der Waals surface area (Å²) in [6, 6.07) is 13.4. The van der Waals surface area contributed by atoms with Crippen molar-refractivity contribution in [2.45, 2.75) is 32.4 Å². The number of hydrogen-bond donors (Lipinski definition) is 3. The fourth-order valence-electron chi connectivity index (χ4n) is 4.45. The van der Waals surface area contributed by atoms with Crippen LogP contribution in [0, 0.1) is 11.4 Å². The molecule has 9 heteroatoms. The van der Waals surface area contributed by atoms with Crippen molar-refractivity contribution >= 4 is 22.5 Å². The third-order valence-corrected chi connectivity index (χ3v) is 6.73. The van der Waals surface area contributed by atoms with Crippen LogP contribution in [0.3, 0.4) is 0 Å². The minimum absolute atomic E-state index is 0.0474. The molecule has 3 aromatic heterocycles. The van der Waals surface area contributed by atoms with Crippen molar-refractivity contribution in [1.82, 2.24) is 25.0 Å². The summed E-state index contributed by atoms with van der Waals surface area (Å²) in [7, 11) is 0. The van der Waals surface area contributed by atoms with Crippen LogP contribution < -0.4 is 16.2 Å². The van der Waals surface area contributed by atoms with Crippen molar-refractivity contribution < 1.29 is 14.3 Å². The molecule has 1 aliphatic carbocycles. The first-order chi connectivity index (χ1) is 17.0.